The summed E-state index contributed by atoms with van der Waals surface area (Å²) in [7, 11) is 0. The number of aryl methyl sites for hydroxylation is 1. The van der Waals surface area contributed by atoms with Crippen LogP contribution in [-0.2, 0) is 6.42 Å². The fourth-order valence-electron chi connectivity index (χ4n) is 2.81. The Kier molecular flexibility index (Phi) is 4.60. The summed E-state index contributed by atoms with van der Waals surface area (Å²) in [4.78, 5) is 11.7. The zero-order valence-corrected chi connectivity index (χ0v) is 13.6. The van der Waals surface area contributed by atoms with E-state index in [0.717, 1.165) is 60.1 Å². The average Bonchev–Trinajstić information content (AvgIpc) is 2.56. The van der Waals surface area contributed by atoms with E-state index < -0.39 is 0 Å². The third-order valence-corrected chi connectivity index (χ3v) is 4.42. The number of halogens is 1. The lowest BCUT2D eigenvalue weighted by molar-refractivity contribution is 0.499. The minimum Gasteiger partial charge on any atom is -0.369 e. The van der Waals surface area contributed by atoms with Crippen LogP contribution in [-0.4, -0.2) is 29.1 Å². The number of nitrogens with zero attached hydrogens (tertiary/aromatic N) is 3. The first-order chi connectivity index (χ1) is 10.7. The summed E-state index contributed by atoms with van der Waals surface area (Å²) in [6.45, 7) is 4.10. The third-order valence-electron chi connectivity index (χ3n) is 4.16. The molecule has 1 saturated heterocycles. The van der Waals surface area contributed by atoms with Crippen LogP contribution in [0.25, 0.3) is 11.4 Å². The van der Waals surface area contributed by atoms with Crippen LogP contribution < -0.4 is 10.6 Å². The average molecular weight is 317 g/mol. The van der Waals surface area contributed by atoms with Gasteiger partial charge in [0.25, 0.3) is 0 Å². The lowest BCUT2D eigenvalue weighted by Gasteiger charge is -2.32. The van der Waals surface area contributed by atoms with E-state index in [-0.39, 0.29) is 0 Å². The van der Waals surface area contributed by atoms with E-state index in [0.29, 0.717) is 6.04 Å². The monoisotopic (exact) mass is 316 g/mol. The van der Waals surface area contributed by atoms with Gasteiger partial charge in [-0.3, -0.25) is 0 Å². The molecule has 0 atom stereocenters. The predicted octanol–water partition coefficient (Wildman–Crippen LogP) is 3.29. The van der Waals surface area contributed by atoms with Crippen LogP contribution in [0.1, 0.15) is 25.5 Å². The van der Waals surface area contributed by atoms with Crippen molar-refractivity contribution in [3.05, 3.63) is 41.2 Å². The Morgan fingerprint density at radius 3 is 2.55 bits per heavy atom. The molecule has 1 aliphatic rings. The quantitative estimate of drug-likeness (QED) is 0.944. The standard InChI is InChI=1S/C17H21ClN4/c1-2-15-16(22-9-7-14(19)8-10-22)11-20-17(21-15)12-3-5-13(18)6-4-12/h3-6,11,14H,2,7-10,19H2,1H3. The SMILES string of the molecule is CCc1nc(-c2ccc(Cl)cc2)ncc1N1CCC(N)CC1. The number of anilines is 1. The number of benzene rings is 1. The molecule has 116 valence electrons. The van der Waals surface area contributed by atoms with E-state index in [9.17, 15) is 0 Å². The van der Waals surface area contributed by atoms with Crippen molar-refractivity contribution in [2.45, 2.75) is 32.2 Å². The van der Waals surface area contributed by atoms with Crippen LogP contribution >= 0.6 is 11.6 Å². The molecule has 0 amide bonds. The first kappa shape index (κ1) is 15.3. The zero-order valence-electron chi connectivity index (χ0n) is 12.8. The second kappa shape index (κ2) is 6.63. The molecule has 22 heavy (non-hydrogen) atoms. The number of piperidine rings is 1. The smallest absolute Gasteiger partial charge is 0.159 e. The van der Waals surface area contributed by atoms with Crippen LogP contribution in [0, 0.1) is 0 Å². The van der Waals surface area contributed by atoms with Gasteiger partial charge in [0.2, 0.25) is 0 Å². The number of nitrogens with two attached hydrogens (primary N) is 1. The first-order valence-corrected chi connectivity index (χ1v) is 8.17. The predicted molar refractivity (Wildman–Crippen MR) is 91.3 cm³/mol. The van der Waals surface area contributed by atoms with Gasteiger partial charge in [0.15, 0.2) is 5.82 Å². The summed E-state index contributed by atoms with van der Waals surface area (Å²) in [5.74, 6) is 0.756. The maximum atomic E-state index is 5.99. The van der Waals surface area contributed by atoms with Crippen LogP contribution in [0.3, 0.4) is 0 Å². The Hall–Kier alpha value is -1.65. The van der Waals surface area contributed by atoms with Crippen molar-refractivity contribution in [2.24, 2.45) is 5.73 Å². The maximum absolute atomic E-state index is 5.99. The van der Waals surface area contributed by atoms with Crippen molar-refractivity contribution in [3.63, 3.8) is 0 Å². The summed E-state index contributed by atoms with van der Waals surface area (Å²) >= 11 is 5.94. The normalized spacial score (nSPS) is 16.0. The van der Waals surface area contributed by atoms with Gasteiger partial charge in [0.05, 0.1) is 17.6 Å². The fourth-order valence-corrected chi connectivity index (χ4v) is 2.94. The van der Waals surface area contributed by atoms with Crippen molar-refractivity contribution >= 4 is 17.3 Å². The molecule has 2 aromatic rings. The van der Waals surface area contributed by atoms with E-state index in [4.69, 9.17) is 22.3 Å². The molecule has 0 saturated carbocycles. The highest BCUT2D eigenvalue weighted by molar-refractivity contribution is 6.30. The minimum absolute atomic E-state index is 0.329. The topological polar surface area (TPSA) is 55.0 Å². The van der Waals surface area contributed by atoms with E-state index in [1.54, 1.807) is 0 Å². The molecule has 1 aromatic heterocycles. The van der Waals surface area contributed by atoms with Gasteiger partial charge in [0, 0.05) is 29.7 Å². The number of rotatable bonds is 3. The van der Waals surface area contributed by atoms with Gasteiger partial charge in [-0.05, 0) is 43.5 Å². The molecular weight excluding hydrogens is 296 g/mol. The zero-order chi connectivity index (χ0) is 15.5. The number of hydrogen-bond donors (Lipinski definition) is 1. The van der Waals surface area contributed by atoms with Gasteiger partial charge in [-0.15, -0.1) is 0 Å². The van der Waals surface area contributed by atoms with E-state index in [1.807, 2.05) is 30.5 Å². The minimum atomic E-state index is 0.329. The molecule has 0 radical (unpaired) electrons. The second-order valence-corrected chi connectivity index (χ2v) is 6.15. The Balaban J connectivity index is 1.89. The van der Waals surface area contributed by atoms with E-state index in [1.165, 1.54) is 0 Å². The Morgan fingerprint density at radius 2 is 1.91 bits per heavy atom. The maximum Gasteiger partial charge on any atom is 0.159 e. The van der Waals surface area contributed by atoms with Crippen LogP contribution in [0.4, 0.5) is 5.69 Å². The summed E-state index contributed by atoms with van der Waals surface area (Å²) in [5, 5.41) is 0.723. The lowest BCUT2D eigenvalue weighted by Crippen LogP contribution is -2.40. The van der Waals surface area contributed by atoms with Crippen molar-refractivity contribution in [3.8, 4) is 11.4 Å². The van der Waals surface area contributed by atoms with Gasteiger partial charge >= 0.3 is 0 Å². The molecule has 0 bridgehead atoms. The number of hydrogen-bond acceptors (Lipinski definition) is 4. The largest absolute Gasteiger partial charge is 0.369 e. The van der Waals surface area contributed by atoms with Crippen LogP contribution in [0.2, 0.25) is 5.02 Å². The summed E-state index contributed by atoms with van der Waals surface area (Å²) in [6, 6.07) is 7.97. The fraction of sp³-hybridized carbons (Fsp3) is 0.412. The molecule has 1 fully saturated rings. The summed E-state index contributed by atoms with van der Waals surface area (Å²) in [5.41, 5.74) is 9.22. The molecule has 5 heteroatoms. The molecule has 4 nitrogen and oxygen atoms in total. The van der Waals surface area contributed by atoms with Crippen LogP contribution in [0.5, 0.6) is 0 Å². The first-order valence-electron chi connectivity index (χ1n) is 7.79. The summed E-state index contributed by atoms with van der Waals surface area (Å²) in [6.07, 6.45) is 4.90. The molecule has 2 N–H and O–H groups in total. The molecule has 1 aliphatic heterocycles. The lowest BCUT2D eigenvalue weighted by atomic mass is 10.1. The third kappa shape index (κ3) is 3.23. The molecular formula is C17H21ClN4. The molecule has 0 spiro atoms. The van der Waals surface area contributed by atoms with Crippen molar-refractivity contribution in [1.29, 1.82) is 0 Å². The van der Waals surface area contributed by atoms with Gasteiger partial charge in [-0.25, -0.2) is 9.97 Å². The highest BCUT2D eigenvalue weighted by Gasteiger charge is 2.19. The van der Waals surface area contributed by atoms with Crippen molar-refractivity contribution in [2.75, 3.05) is 18.0 Å². The molecule has 2 heterocycles. The van der Waals surface area contributed by atoms with Gasteiger partial charge in [0.1, 0.15) is 0 Å². The van der Waals surface area contributed by atoms with Gasteiger partial charge < -0.3 is 10.6 Å². The Labute approximate surface area is 136 Å². The van der Waals surface area contributed by atoms with Crippen molar-refractivity contribution < 1.29 is 0 Å². The van der Waals surface area contributed by atoms with Gasteiger partial charge in [-0.2, -0.15) is 0 Å². The molecule has 0 aliphatic carbocycles. The highest BCUT2D eigenvalue weighted by atomic mass is 35.5. The number of aromatic nitrogens is 2. The van der Waals surface area contributed by atoms with Gasteiger partial charge in [-0.1, -0.05) is 18.5 Å². The van der Waals surface area contributed by atoms with E-state index in [2.05, 4.69) is 16.8 Å². The Morgan fingerprint density at radius 1 is 1.23 bits per heavy atom. The summed E-state index contributed by atoms with van der Waals surface area (Å²) < 4.78 is 0. The second-order valence-electron chi connectivity index (χ2n) is 5.71. The highest BCUT2D eigenvalue weighted by Crippen LogP contribution is 2.25. The van der Waals surface area contributed by atoms with E-state index >= 15 is 0 Å². The molecule has 1 aromatic carbocycles. The van der Waals surface area contributed by atoms with Crippen LogP contribution in [0.15, 0.2) is 30.5 Å². The molecule has 0 unspecified atom stereocenters. The van der Waals surface area contributed by atoms with Crippen molar-refractivity contribution in [1.82, 2.24) is 9.97 Å². The molecule has 3 rings (SSSR count). The Bertz CT molecular complexity index is 634.